The molecule has 3 aromatic carbocycles. The average Bonchev–Trinajstić information content (AvgIpc) is 3.68. The average molecular weight is 498 g/mol. The molecule has 5 heteroatoms. The molecule has 1 amide bonds. The van der Waals surface area contributed by atoms with Crippen LogP contribution in [0.5, 0.6) is 0 Å². The summed E-state index contributed by atoms with van der Waals surface area (Å²) in [5.74, 6) is 0.189. The summed E-state index contributed by atoms with van der Waals surface area (Å²) in [5.41, 5.74) is 6.31. The Hall–Kier alpha value is -3.60. The molecular formula is C32H35NO4. The normalized spacial score (nSPS) is 15.5. The highest BCUT2D eigenvalue weighted by atomic mass is 16.6. The minimum Gasteiger partial charge on any atom is -0.458 e. The van der Waals surface area contributed by atoms with E-state index in [0.717, 1.165) is 16.7 Å². The van der Waals surface area contributed by atoms with E-state index in [1.165, 1.54) is 34.4 Å². The highest BCUT2D eigenvalue weighted by Crippen LogP contribution is 2.44. The zero-order chi connectivity index (χ0) is 26.2. The molecule has 192 valence electrons. The summed E-state index contributed by atoms with van der Waals surface area (Å²) < 4.78 is 11.5. The third-order valence-corrected chi connectivity index (χ3v) is 7.23. The van der Waals surface area contributed by atoms with E-state index in [4.69, 9.17) is 9.47 Å². The molecule has 1 saturated carbocycles. The number of rotatable bonds is 7. The maximum atomic E-state index is 13.3. The topological polar surface area (TPSA) is 55.8 Å². The van der Waals surface area contributed by atoms with Crippen LogP contribution in [0.15, 0.2) is 72.8 Å². The predicted molar refractivity (Wildman–Crippen MR) is 145 cm³/mol. The van der Waals surface area contributed by atoms with E-state index in [-0.39, 0.29) is 12.5 Å². The van der Waals surface area contributed by atoms with E-state index >= 15 is 0 Å². The summed E-state index contributed by atoms with van der Waals surface area (Å²) in [5, 5.41) is 0. The molecule has 3 aromatic rings. The van der Waals surface area contributed by atoms with Crippen molar-refractivity contribution < 1.29 is 19.1 Å². The molecular weight excluding hydrogens is 462 g/mol. The van der Waals surface area contributed by atoms with Crippen LogP contribution < -0.4 is 0 Å². The fraction of sp³-hybridized carbons (Fsp3) is 0.375. The first-order chi connectivity index (χ1) is 17.7. The molecule has 0 radical (unpaired) electrons. The number of likely N-dealkylation sites (N-methyl/N-ethyl adjacent to an activating group) is 1. The number of ether oxygens (including phenoxy) is 2. The van der Waals surface area contributed by atoms with Crippen molar-refractivity contribution in [3.8, 4) is 11.1 Å². The SMILES string of the molecule is CN(C(=O)OCC1c2ccccc2-c2ccccc21)C(Cc1ccc(C2CC2)cc1)C(=O)OC(C)(C)C. The molecule has 5 rings (SSSR count). The molecule has 0 aliphatic heterocycles. The van der Waals surface area contributed by atoms with Crippen molar-refractivity contribution in [2.45, 2.75) is 63.5 Å². The molecule has 37 heavy (non-hydrogen) atoms. The van der Waals surface area contributed by atoms with Gasteiger partial charge in [0.2, 0.25) is 0 Å². The van der Waals surface area contributed by atoms with Gasteiger partial charge in [-0.3, -0.25) is 4.90 Å². The zero-order valence-corrected chi connectivity index (χ0v) is 22.1. The maximum Gasteiger partial charge on any atom is 0.410 e. The zero-order valence-electron chi connectivity index (χ0n) is 22.1. The first-order valence-electron chi connectivity index (χ1n) is 13.1. The van der Waals surface area contributed by atoms with Crippen LogP contribution in [0, 0.1) is 0 Å². The van der Waals surface area contributed by atoms with Gasteiger partial charge in [-0.25, -0.2) is 9.59 Å². The fourth-order valence-electron chi connectivity index (χ4n) is 5.14. The quantitative estimate of drug-likeness (QED) is 0.341. The number of benzene rings is 3. The lowest BCUT2D eigenvalue weighted by atomic mass is 9.98. The lowest BCUT2D eigenvalue weighted by Crippen LogP contribution is -2.47. The second kappa shape index (κ2) is 10.0. The van der Waals surface area contributed by atoms with Gasteiger partial charge < -0.3 is 9.47 Å². The summed E-state index contributed by atoms with van der Waals surface area (Å²) in [6, 6.07) is 24.1. The highest BCUT2D eigenvalue weighted by Gasteiger charge is 2.34. The van der Waals surface area contributed by atoms with Crippen LogP contribution in [0.25, 0.3) is 11.1 Å². The smallest absolute Gasteiger partial charge is 0.410 e. The number of carbonyl (C=O) groups excluding carboxylic acids is 2. The Kier molecular flexibility index (Phi) is 6.80. The van der Waals surface area contributed by atoms with E-state index in [9.17, 15) is 9.59 Å². The summed E-state index contributed by atoms with van der Waals surface area (Å²) in [4.78, 5) is 27.9. The van der Waals surface area contributed by atoms with E-state index in [2.05, 4.69) is 48.5 Å². The van der Waals surface area contributed by atoms with Gasteiger partial charge >= 0.3 is 12.1 Å². The van der Waals surface area contributed by atoms with Gasteiger partial charge in [0.05, 0.1) is 0 Å². The predicted octanol–water partition coefficient (Wildman–Crippen LogP) is 6.70. The van der Waals surface area contributed by atoms with Crippen molar-refractivity contribution in [3.63, 3.8) is 0 Å². The van der Waals surface area contributed by atoms with Crippen LogP contribution in [-0.4, -0.2) is 42.3 Å². The van der Waals surface area contributed by atoms with Crippen LogP contribution in [0.2, 0.25) is 0 Å². The van der Waals surface area contributed by atoms with Crippen molar-refractivity contribution in [1.29, 1.82) is 0 Å². The first kappa shape index (κ1) is 25.1. The molecule has 1 unspecified atom stereocenters. The van der Waals surface area contributed by atoms with Gasteiger partial charge in [-0.15, -0.1) is 0 Å². The van der Waals surface area contributed by atoms with Gasteiger partial charge in [0, 0.05) is 19.4 Å². The summed E-state index contributed by atoms with van der Waals surface area (Å²) >= 11 is 0. The molecule has 2 aliphatic rings. The van der Waals surface area contributed by atoms with Crippen LogP contribution in [0.4, 0.5) is 4.79 Å². The molecule has 0 spiro atoms. The van der Waals surface area contributed by atoms with E-state index in [1.54, 1.807) is 7.05 Å². The van der Waals surface area contributed by atoms with Crippen LogP contribution >= 0.6 is 0 Å². The van der Waals surface area contributed by atoms with Gasteiger partial charge in [0.1, 0.15) is 18.2 Å². The van der Waals surface area contributed by atoms with E-state index in [1.807, 2.05) is 45.0 Å². The molecule has 1 fully saturated rings. The van der Waals surface area contributed by atoms with Crippen molar-refractivity contribution in [1.82, 2.24) is 4.90 Å². The Balaban J connectivity index is 1.31. The van der Waals surface area contributed by atoms with Crippen molar-refractivity contribution >= 4 is 12.1 Å². The summed E-state index contributed by atoms with van der Waals surface area (Å²) in [6.07, 6.45) is 2.31. The second-order valence-corrected chi connectivity index (χ2v) is 11.2. The van der Waals surface area contributed by atoms with Crippen LogP contribution in [0.1, 0.15) is 67.7 Å². The molecule has 0 bridgehead atoms. The number of fused-ring (bicyclic) bond motifs is 3. The Morgan fingerprint density at radius 1 is 0.892 bits per heavy atom. The Labute approximate surface area is 219 Å². The standard InChI is InChI=1S/C32H35NO4/c1-32(2,3)37-30(34)29(19-21-13-15-22(16-14-21)23-17-18-23)33(4)31(35)36-20-28-26-11-7-5-9-24(26)25-10-6-8-12-27(25)28/h5-16,23,28-29H,17-20H2,1-4H3. The molecule has 0 N–H and O–H groups in total. The van der Waals surface area contributed by atoms with Crippen molar-refractivity contribution in [2.24, 2.45) is 0 Å². The third kappa shape index (κ3) is 5.56. The molecule has 1 atom stereocenters. The number of amides is 1. The molecule has 0 heterocycles. The molecule has 2 aliphatic carbocycles. The summed E-state index contributed by atoms with van der Waals surface area (Å²) in [7, 11) is 1.62. The Morgan fingerprint density at radius 3 is 2.00 bits per heavy atom. The number of hydrogen-bond donors (Lipinski definition) is 0. The minimum atomic E-state index is -0.790. The van der Waals surface area contributed by atoms with Gasteiger partial charge in [-0.05, 0) is 72.9 Å². The minimum absolute atomic E-state index is 0.0419. The van der Waals surface area contributed by atoms with E-state index < -0.39 is 23.7 Å². The molecule has 5 nitrogen and oxygen atoms in total. The van der Waals surface area contributed by atoms with Gasteiger partial charge in [0.15, 0.2) is 0 Å². The Bertz CT molecular complexity index is 1240. The maximum absolute atomic E-state index is 13.3. The van der Waals surface area contributed by atoms with Crippen LogP contribution in [0.3, 0.4) is 0 Å². The van der Waals surface area contributed by atoms with Gasteiger partial charge in [-0.1, -0.05) is 72.8 Å². The van der Waals surface area contributed by atoms with Gasteiger partial charge in [-0.2, -0.15) is 0 Å². The van der Waals surface area contributed by atoms with Gasteiger partial charge in [0.25, 0.3) is 0 Å². The number of carbonyl (C=O) groups is 2. The number of nitrogens with zero attached hydrogens (tertiary/aromatic N) is 1. The van der Waals surface area contributed by atoms with Crippen molar-refractivity contribution in [3.05, 3.63) is 95.1 Å². The summed E-state index contributed by atoms with van der Waals surface area (Å²) in [6.45, 7) is 5.70. The second-order valence-electron chi connectivity index (χ2n) is 11.2. The fourth-order valence-corrected chi connectivity index (χ4v) is 5.14. The van der Waals surface area contributed by atoms with Crippen molar-refractivity contribution in [2.75, 3.05) is 13.7 Å². The molecule has 0 aromatic heterocycles. The largest absolute Gasteiger partial charge is 0.458 e. The molecule has 0 saturated heterocycles. The lowest BCUT2D eigenvalue weighted by Gasteiger charge is -2.30. The third-order valence-electron chi connectivity index (χ3n) is 7.23. The van der Waals surface area contributed by atoms with Crippen LogP contribution in [-0.2, 0) is 20.7 Å². The van der Waals surface area contributed by atoms with E-state index in [0.29, 0.717) is 12.3 Å². The number of hydrogen-bond acceptors (Lipinski definition) is 4. The highest BCUT2D eigenvalue weighted by molar-refractivity contribution is 5.82. The Morgan fingerprint density at radius 2 is 1.46 bits per heavy atom. The lowest BCUT2D eigenvalue weighted by molar-refractivity contribution is -0.160. The number of esters is 1. The first-order valence-corrected chi connectivity index (χ1v) is 13.1. The monoisotopic (exact) mass is 497 g/mol.